The Hall–Kier alpha value is -2.81. The molecular weight excluding hydrogens is 490 g/mol. The highest BCUT2D eigenvalue weighted by atomic mass is 32.1. The summed E-state index contributed by atoms with van der Waals surface area (Å²) < 4.78 is 4.47. The average Bonchev–Trinajstić information content (AvgIpc) is 3.31. The number of unbranched alkanes of at least 4 members (excludes halogenated alkanes) is 1. The molecule has 1 fully saturated rings. The van der Waals surface area contributed by atoms with Crippen LogP contribution in [0.15, 0.2) is 29.9 Å². The minimum absolute atomic E-state index is 0.213. The van der Waals surface area contributed by atoms with Crippen molar-refractivity contribution in [3.8, 4) is 0 Å². The van der Waals surface area contributed by atoms with Gasteiger partial charge in [-0.2, -0.15) is 0 Å². The third-order valence-corrected chi connectivity index (χ3v) is 7.59. The van der Waals surface area contributed by atoms with Gasteiger partial charge in [0.25, 0.3) is 11.8 Å². The predicted octanol–water partition coefficient (Wildman–Crippen LogP) is 5.10. The zero-order valence-electron chi connectivity index (χ0n) is 22.4. The number of aromatic nitrogens is 1. The molecule has 2 rings (SSSR count). The first-order valence-corrected chi connectivity index (χ1v) is 14.0. The van der Waals surface area contributed by atoms with Gasteiger partial charge in [0.1, 0.15) is 17.2 Å². The monoisotopic (exact) mass is 531 g/mol. The van der Waals surface area contributed by atoms with E-state index in [0.29, 0.717) is 17.6 Å². The van der Waals surface area contributed by atoms with Crippen molar-refractivity contribution in [2.45, 2.75) is 84.5 Å². The molecule has 2 amide bonds. The molecule has 1 saturated carbocycles. The molecule has 0 aliphatic heterocycles. The number of nitrogens with zero attached hydrogens (tertiary/aromatic N) is 1. The molecule has 1 aromatic heterocycles. The molecule has 0 spiro atoms. The molecule has 8 nitrogen and oxygen atoms in total. The lowest BCUT2D eigenvalue weighted by molar-refractivity contribution is -0.137. The molecule has 0 unspecified atom stereocenters. The van der Waals surface area contributed by atoms with Crippen molar-refractivity contribution in [3.63, 3.8) is 0 Å². The second-order valence-corrected chi connectivity index (χ2v) is 11.2. The van der Waals surface area contributed by atoms with Crippen LogP contribution in [-0.2, 0) is 25.5 Å². The highest BCUT2D eigenvalue weighted by Crippen LogP contribution is 2.30. The lowest BCUT2D eigenvalue weighted by Gasteiger charge is -2.23. The third kappa shape index (κ3) is 10.6. The van der Waals surface area contributed by atoms with Gasteiger partial charge in [0.05, 0.1) is 17.8 Å². The van der Waals surface area contributed by atoms with Gasteiger partial charge < -0.3 is 15.4 Å². The summed E-state index contributed by atoms with van der Waals surface area (Å²) in [6, 6.07) is 0. The first-order valence-electron chi connectivity index (χ1n) is 13.2. The van der Waals surface area contributed by atoms with Crippen LogP contribution in [0.3, 0.4) is 0 Å². The smallest absolute Gasteiger partial charge is 0.353 e. The Balaban J connectivity index is 1.78. The lowest BCUT2D eigenvalue weighted by atomic mass is 9.82. The molecule has 0 bridgehead atoms. The number of ether oxygens (including phenoxy) is 1. The first-order chi connectivity index (χ1) is 17.6. The van der Waals surface area contributed by atoms with E-state index in [1.807, 2.05) is 0 Å². The number of nitrogens with one attached hydrogen (secondary N) is 2. The zero-order valence-corrected chi connectivity index (χ0v) is 23.2. The average molecular weight is 532 g/mol. The number of thiazole rings is 1. The van der Waals surface area contributed by atoms with E-state index >= 15 is 0 Å². The maximum absolute atomic E-state index is 12.7. The molecule has 1 aliphatic rings. The van der Waals surface area contributed by atoms with Gasteiger partial charge in [0.2, 0.25) is 0 Å². The number of amides is 2. The molecule has 9 heteroatoms. The number of rotatable bonds is 13. The van der Waals surface area contributed by atoms with E-state index in [-0.39, 0.29) is 23.0 Å². The Bertz CT molecular complexity index is 974. The van der Waals surface area contributed by atoms with Crippen molar-refractivity contribution >= 4 is 34.9 Å². The highest BCUT2D eigenvalue weighted by molar-refractivity contribution is 7.09. The quantitative estimate of drug-likeness (QED) is 0.208. The molecule has 2 N–H and O–H groups in total. The Morgan fingerprint density at radius 1 is 1.05 bits per heavy atom. The van der Waals surface area contributed by atoms with Crippen molar-refractivity contribution in [3.05, 3.63) is 40.6 Å². The number of hydrogen-bond donors (Lipinski definition) is 2. The zero-order chi connectivity index (χ0) is 27.4. The van der Waals surface area contributed by atoms with E-state index in [1.54, 1.807) is 5.38 Å². The van der Waals surface area contributed by atoms with Crippen LogP contribution in [0.5, 0.6) is 0 Å². The molecule has 204 valence electrons. The van der Waals surface area contributed by atoms with Crippen molar-refractivity contribution in [2.24, 2.45) is 17.8 Å². The summed E-state index contributed by atoms with van der Waals surface area (Å²) in [6.07, 6.45) is 11.0. The fourth-order valence-electron chi connectivity index (χ4n) is 4.58. The van der Waals surface area contributed by atoms with Gasteiger partial charge in [-0.25, -0.2) is 9.78 Å². The first kappa shape index (κ1) is 30.4. The molecule has 37 heavy (non-hydrogen) atoms. The molecule has 1 heterocycles. The van der Waals surface area contributed by atoms with Gasteiger partial charge in [0.15, 0.2) is 0 Å². The van der Waals surface area contributed by atoms with E-state index in [0.717, 1.165) is 69.2 Å². The van der Waals surface area contributed by atoms with Crippen molar-refractivity contribution < 1.29 is 23.9 Å². The van der Waals surface area contributed by atoms with E-state index in [4.69, 9.17) is 0 Å². The van der Waals surface area contributed by atoms with Crippen molar-refractivity contribution in [2.75, 3.05) is 7.11 Å². The minimum Gasteiger partial charge on any atom is -0.464 e. The second kappa shape index (κ2) is 15.4. The van der Waals surface area contributed by atoms with Gasteiger partial charge >= 0.3 is 5.97 Å². The Morgan fingerprint density at radius 3 is 2.35 bits per heavy atom. The van der Waals surface area contributed by atoms with Crippen LogP contribution in [-0.4, -0.2) is 35.7 Å². The van der Waals surface area contributed by atoms with E-state index < -0.39 is 17.8 Å². The molecule has 1 aliphatic carbocycles. The molecule has 0 radical (unpaired) electrons. The maximum atomic E-state index is 12.7. The lowest BCUT2D eigenvalue weighted by Crippen LogP contribution is -2.35. The molecule has 0 atom stereocenters. The summed E-state index contributed by atoms with van der Waals surface area (Å²) in [6.45, 7) is 11.4. The molecular formula is C28H41N3O5S. The van der Waals surface area contributed by atoms with Crippen LogP contribution in [0, 0.1) is 17.8 Å². The molecule has 1 aromatic rings. The molecule has 0 saturated heterocycles. The number of carbonyl (C=O) groups is 4. The Morgan fingerprint density at radius 2 is 1.73 bits per heavy atom. The van der Waals surface area contributed by atoms with Gasteiger partial charge in [0, 0.05) is 24.1 Å². The fourth-order valence-corrected chi connectivity index (χ4v) is 5.47. The maximum Gasteiger partial charge on any atom is 0.353 e. The predicted molar refractivity (Wildman–Crippen MR) is 145 cm³/mol. The van der Waals surface area contributed by atoms with Crippen LogP contribution in [0.25, 0.3) is 0 Å². The fraction of sp³-hybridized carbons (Fsp3) is 0.607. The number of carbonyl (C=O) groups excluding carboxylic acids is 4. The van der Waals surface area contributed by atoms with Gasteiger partial charge in [-0.1, -0.05) is 65.5 Å². The number of esters is 1. The van der Waals surface area contributed by atoms with Crippen LogP contribution in [0.2, 0.25) is 0 Å². The van der Waals surface area contributed by atoms with Crippen LogP contribution in [0.1, 0.15) is 93.6 Å². The van der Waals surface area contributed by atoms with E-state index in [1.165, 1.54) is 24.9 Å². The second-order valence-electron chi connectivity index (χ2n) is 10.2. The Labute approximate surface area is 224 Å². The number of Topliss-reactive ketones (excluding diaryl/α,β-unsaturated/α-hetero) is 1. The van der Waals surface area contributed by atoms with Gasteiger partial charge in [-0.3, -0.25) is 14.4 Å². The normalized spacial score (nSPS) is 17.8. The standard InChI is InChI=1S/C28H41N3O5S/c1-18(2)10-6-7-15-24(32)22-13-8-11-21(12-9-14-22)16-25-31-23(17-37-25)27(34)29-19(3)26(33)30-20(4)28(35)36-5/h17-18,21-22H,3-4,6-16H2,1-2,5H3,(H,29,34)(H,30,33). The van der Waals surface area contributed by atoms with Crippen LogP contribution in [0.4, 0.5) is 0 Å². The summed E-state index contributed by atoms with van der Waals surface area (Å²) in [5.74, 6) is -0.255. The number of methoxy groups -OCH3 is 1. The van der Waals surface area contributed by atoms with Gasteiger partial charge in [-0.05, 0) is 31.1 Å². The third-order valence-electron chi connectivity index (χ3n) is 6.72. The highest BCUT2D eigenvalue weighted by Gasteiger charge is 2.23. The van der Waals surface area contributed by atoms with Crippen LogP contribution < -0.4 is 10.6 Å². The van der Waals surface area contributed by atoms with Crippen LogP contribution >= 0.6 is 11.3 Å². The molecule has 0 aromatic carbocycles. The Kier molecular flexibility index (Phi) is 12.7. The van der Waals surface area contributed by atoms with E-state index in [2.05, 4.69) is 47.4 Å². The number of ketones is 1. The van der Waals surface area contributed by atoms with Crippen molar-refractivity contribution in [1.29, 1.82) is 0 Å². The summed E-state index contributed by atoms with van der Waals surface area (Å²) in [5.41, 5.74) is -0.265. The van der Waals surface area contributed by atoms with E-state index in [9.17, 15) is 19.2 Å². The topological polar surface area (TPSA) is 114 Å². The summed E-state index contributed by atoms with van der Waals surface area (Å²) in [7, 11) is 1.17. The summed E-state index contributed by atoms with van der Waals surface area (Å²) in [5, 5.41) is 7.17. The van der Waals surface area contributed by atoms with Gasteiger partial charge in [-0.15, -0.1) is 11.3 Å². The largest absolute Gasteiger partial charge is 0.464 e. The number of hydrogen-bond acceptors (Lipinski definition) is 7. The van der Waals surface area contributed by atoms with Crippen molar-refractivity contribution in [1.82, 2.24) is 15.6 Å². The minimum atomic E-state index is -0.787. The summed E-state index contributed by atoms with van der Waals surface area (Å²) in [4.78, 5) is 53.1. The summed E-state index contributed by atoms with van der Waals surface area (Å²) >= 11 is 1.42. The SMILES string of the molecule is C=C(NC(=O)c1csc(CC2CCCC(C(=O)CCCCC(C)C)CCC2)n1)C(=O)NC(=C)C(=O)OC.